The molecule has 41 heavy (non-hydrogen) atoms. The molecule has 0 aliphatic heterocycles. The van der Waals surface area contributed by atoms with E-state index in [1.54, 1.807) is 0 Å². The van der Waals surface area contributed by atoms with E-state index < -0.39 is 0 Å². The quantitative estimate of drug-likeness (QED) is 0.216. The maximum Gasteiger partial charge on any atom is 0.249 e. The van der Waals surface area contributed by atoms with Crippen LogP contribution in [0.25, 0.3) is 67.4 Å². The summed E-state index contributed by atoms with van der Waals surface area (Å²) >= 11 is 0. The first-order chi connectivity index (χ1) is 20.4. The normalized spacial score (nSPS) is 10.9. The topological polar surface area (TPSA) is 38.9 Å². The number of aromatic nitrogens is 2. The van der Waals surface area contributed by atoms with Gasteiger partial charge in [0.25, 0.3) is 0 Å². The molecule has 1 aromatic heterocycles. The molecule has 6 aromatic carbocycles. The van der Waals surface area contributed by atoms with Gasteiger partial charge in [-0.1, -0.05) is 158 Å². The summed E-state index contributed by atoms with van der Waals surface area (Å²) in [6.07, 6.45) is 0. The predicted octanol–water partition coefficient (Wildman–Crippen LogP) is 10.1. The lowest BCUT2D eigenvalue weighted by atomic mass is 9.91. The van der Waals surface area contributed by atoms with E-state index in [4.69, 9.17) is 4.42 Å². The molecule has 1 heterocycles. The zero-order valence-corrected chi connectivity index (χ0v) is 22.3. The summed E-state index contributed by atoms with van der Waals surface area (Å²) in [5.74, 6) is 0.973. The Kier molecular flexibility index (Phi) is 6.52. The molecule has 3 nitrogen and oxygen atoms in total. The van der Waals surface area contributed by atoms with Crippen molar-refractivity contribution >= 4 is 0 Å². The van der Waals surface area contributed by atoms with Crippen molar-refractivity contribution in [2.75, 3.05) is 0 Å². The van der Waals surface area contributed by atoms with Gasteiger partial charge in [-0.15, -0.1) is 10.2 Å². The molecule has 0 bridgehead atoms. The highest BCUT2D eigenvalue weighted by molar-refractivity contribution is 5.94. The van der Waals surface area contributed by atoms with Gasteiger partial charge in [0.05, 0.1) is 11.1 Å². The fraction of sp³-hybridized carbons (Fsp3) is 0. The lowest BCUT2D eigenvalue weighted by Gasteiger charge is -2.14. The number of benzene rings is 6. The highest BCUT2D eigenvalue weighted by Crippen LogP contribution is 2.43. The van der Waals surface area contributed by atoms with E-state index in [9.17, 15) is 0 Å². The molecule has 194 valence electrons. The summed E-state index contributed by atoms with van der Waals surface area (Å²) < 4.78 is 6.68. The fourth-order valence-electron chi connectivity index (χ4n) is 5.42. The maximum atomic E-state index is 6.68. The van der Waals surface area contributed by atoms with Gasteiger partial charge in [-0.3, -0.25) is 0 Å². The van der Waals surface area contributed by atoms with Gasteiger partial charge in [0.2, 0.25) is 11.8 Å². The van der Waals surface area contributed by atoms with E-state index in [0.29, 0.717) is 11.8 Å². The van der Waals surface area contributed by atoms with Crippen molar-refractivity contribution in [1.29, 1.82) is 0 Å². The third kappa shape index (κ3) is 4.75. The van der Waals surface area contributed by atoms with Crippen LogP contribution >= 0.6 is 0 Å². The van der Waals surface area contributed by atoms with Crippen molar-refractivity contribution in [2.45, 2.75) is 0 Å². The van der Waals surface area contributed by atoms with Gasteiger partial charge < -0.3 is 4.42 Å². The minimum atomic E-state index is 0.486. The Morgan fingerprint density at radius 3 is 0.829 bits per heavy atom. The monoisotopic (exact) mass is 526 g/mol. The van der Waals surface area contributed by atoms with Gasteiger partial charge in [0, 0.05) is 0 Å². The molecule has 0 amide bonds. The Labute approximate surface area is 239 Å². The van der Waals surface area contributed by atoms with Crippen LogP contribution in [0.15, 0.2) is 162 Å². The van der Waals surface area contributed by atoms with Crippen LogP contribution in [0.5, 0.6) is 0 Å². The highest BCUT2D eigenvalue weighted by Gasteiger charge is 2.23. The van der Waals surface area contributed by atoms with Gasteiger partial charge >= 0.3 is 0 Å². The summed E-state index contributed by atoms with van der Waals surface area (Å²) in [4.78, 5) is 0. The van der Waals surface area contributed by atoms with Crippen molar-refractivity contribution < 1.29 is 4.42 Å². The Bertz CT molecular complexity index is 1660. The summed E-state index contributed by atoms with van der Waals surface area (Å²) in [6, 6.07) is 54.1. The molecule has 0 fully saturated rings. The largest absolute Gasteiger partial charge is 0.416 e. The molecule has 0 unspecified atom stereocenters. The molecule has 3 heteroatoms. The van der Waals surface area contributed by atoms with E-state index in [0.717, 1.165) is 55.6 Å². The van der Waals surface area contributed by atoms with Crippen LogP contribution in [-0.4, -0.2) is 10.2 Å². The summed E-state index contributed by atoms with van der Waals surface area (Å²) in [5, 5.41) is 9.38. The lowest BCUT2D eigenvalue weighted by Crippen LogP contribution is -1.91. The highest BCUT2D eigenvalue weighted by atomic mass is 16.4. The van der Waals surface area contributed by atoms with Crippen LogP contribution in [-0.2, 0) is 0 Å². The first-order valence-electron chi connectivity index (χ1n) is 13.7. The molecule has 0 N–H and O–H groups in total. The number of hydrogen-bond acceptors (Lipinski definition) is 3. The van der Waals surface area contributed by atoms with Crippen molar-refractivity contribution in [1.82, 2.24) is 10.2 Å². The van der Waals surface area contributed by atoms with Gasteiger partial charge in [-0.05, 0) is 44.5 Å². The minimum absolute atomic E-state index is 0.486. The lowest BCUT2D eigenvalue weighted by molar-refractivity contribution is 0.585. The Hall–Kier alpha value is -5.54. The molecule has 0 aliphatic rings. The summed E-state index contributed by atoms with van der Waals surface area (Å²) in [5.41, 5.74) is 10.4. The molecule has 0 aliphatic carbocycles. The van der Waals surface area contributed by atoms with E-state index in [1.165, 1.54) is 0 Å². The second-order valence-corrected chi connectivity index (χ2v) is 9.83. The molecule has 0 atom stereocenters. The molecular weight excluding hydrogens is 500 g/mol. The van der Waals surface area contributed by atoms with Crippen LogP contribution in [0.1, 0.15) is 0 Å². The second kappa shape index (κ2) is 10.9. The second-order valence-electron chi connectivity index (χ2n) is 9.83. The van der Waals surface area contributed by atoms with Crippen LogP contribution < -0.4 is 0 Å². The SMILES string of the molecule is c1ccc(-c2cccc(-c3ccccc3)c2-c2nnc(-c3c(-c4ccccc4)cccc3-c3ccccc3)o2)cc1. The van der Waals surface area contributed by atoms with Crippen LogP contribution in [0.2, 0.25) is 0 Å². The van der Waals surface area contributed by atoms with E-state index in [2.05, 4.69) is 144 Å². The first kappa shape index (κ1) is 24.5. The number of rotatable bonds is 6. The molecular formula is C38H26N2O. The van der Waals surface area contributed by atoms with Crippen LogP contribution in [0.3, 0.4) is 0 Å². The molecule has 7 aromatic rings. The van der Waals surface area contributed by atoms with E-state index >= 15 is 0 Å². The average molecular weight is 527 g/mol. The Morgan fingerprint density at radius 2 is 0.561 bits per heavy atom. The minimum Gasteiger partial charge on any atom is -0.416 e. The van der Waals surface area contributed by atoms with Crippen LogP contribution in [0.4, 0.5) is 0 Å². The van der Waals surface area contributed by atoms with Gasteiger partial charge in [-0.2, -0.15) is 0 Å². The van der Waals surface area contributed by atoms with Gasteiger partial charge in [0.1, 0.15) is 0 Å². The number of hydrogen-bond donors (Lipinski definition) is 0. The van der Waals surface area contributed by atoms with E-state index in [-0.39, 0.29) is 0 Å². The summed E-state index contributed by atoms with van der Waals surface area (Å²) in [7, 11) is 0. The molecule has 7 rings (SSSR count). The first-order valence-corrected chi connectivity index (χ1v) is 13.7. The smallest absolute Gasteiger partial charge is 0.249 e. The predicted molar refractivity (Wildman–Crippen MR) is 167 cm³/mol. The Morgan fingerprint density at radius 1 is 0.293 bits per heavy atom. The zero-order chi connectivity index (χ0) is 27.4. The molecule has 0 saturated heterocycles. The van der Waals surface area contributed by atoms with Crippen molar-refractivity contribution in [3.05, 3.63) is 158 Å². The Balaban J connectivity index is 1.47. The fourth-order valence-corrected chi connectivity index (χ4v) is 5.42. The molecule has 0 radical (unpaired) electrons. The average Bonchev–Trinajstić information content (AvgIpc) is 3.55. The zero-order valence-electron chi connectivity index (χ0n) is 22.3. The molecule has 0 saturated carbocycles. The van der Waals surface area contributed by atoms with Crippen LogP contribution in [0, 0.1) is 0 Å². The molecule has 0 spiro atoms. The van der Waals surface area contributed by atoms with Gasteiger partial charge in [-0.25, -0.2) is 0 Å². The standard InChI is InChI=1S/C38H26N2O/c1-5-15-27(16-6-1)31-23-13-24-32(28-17-7-2-8-18-28)35(31)37-39-40-38(41-37)36-33(29-19-9-3-10-20-29)25-14-26-34(36)30-21-11-4-12-22-30/h1-26H. The third-order valence-electron chi connectivity index (χ3n) is 7.32. The van der Waals surface area contributed by atoms with Crippen molar-refractivity contribution in [3.8, 4) is 67.4 Å². The van der Waals surface area contributed by atoms with Gasteiger partial charge in [0.15, 0.2) is 0 Å². The number of nitrogens with zero attached hydrogens (tertiary/aromatic N) is 2. The third-order valence-corrected chi connectivity index (χ3v) is 7.32. The van der Waals surface area contributed by atoms with E-state index in [1.807, 2.05) is 24.3 Å². The van der Waals surface area contributed by atoms with Crippen molar-refractivity contribution in [2.24, 2.45) is 0 Å². The summed E-state index contributed by atoms with van der Waals surface area (Å²) in [6.45, 7) is 0. The maximum absolute atomic E-state index is 6.68. The van der Waals surface area contributed by atoms with Crippen molar-refractivity contribution in [3.63, 3.8) is 0 Å².